The van der Waals surface area contributed by atoms with Crippen molar-refractivity contribution in [2.75, 3.05) is 13.1 Å². The first-order valence-electron chi connectivity index (χ1n) is 8.00. The van der Waals surface area contributed by atoms with Crippen molar-refractivity contribution in [2.45, 2.75) is 38.2 Å². The van der Waals surface area contributed by atoms with Crippen LogP contribution in [0.15, 0.2) is 42.7 Å². The van der Waals surface area contributed by atoms with E-state index in [2.05, 4.69) is 41.6 Å². The molecule has 2 atom stereocenters. The molecule has 0 spiro atoms. The van der Waals surface area contributed by atoms with E-state index >= 15 is 0 Å². The van der Waals surface area contributed by atoms with Crippen LogP contribution in [0.5, 0.6) is 0 Å². The Balaban J connectivity index is 1.93. The van der Waals surface area contributed by atoms with Crippen molar-refractivity contribution in [2.24, 2.45) is 7.05 Å². The van der Waals surface area contributed by atoms with Crippen LogP contribution in [0.2, 0.25) is 0 Å². The number of aromatic nitrogens is 2. The maximum Gasteiger partial charge on any atom is 0.102 e. The maximum atomic E-state index is 10.6. The van der Waals surface area contributed by atoms with Crippen molar-refractivity contribution < 1.29 is 5.11 Å². The van der Waals surface area contributed by atoms with Gasteiger partial charge in [-0.05, 0) is 24.8 Å². The van der Waals surface area contributed by atoms with Crippen LogP contribution in [0.4, 0.5) is 0 Å². The number of rotatable bonds is 8. The molecule has 1 heterocycles. The second-order valence-corrected chi connectivity index (χ2v) is 6.20. The van der Waals surface area contributed by atoms with Crippen LogP contribution in [-0.2, 0) is 12.6 Å². The van der Waals surface area contributed by atoms with Crippen molar-refractivity contribution in [1.82, 2.24) is 15.1 Å². The fourth-order valence-electron chi connectivity index (χ4n) is 2.75. The van der Waals surface area contributed by atoms with E-state index in [1.165, 1.54) is 5.56 Å². The van der Waals surface area contributed by atoms with E-state index in [4.69, 9.17) is 0 Å². The average Bonchev–Trinajstić information content (AvgIpc) is 2.95. The zero-order valence-electron chi connectivity index (χ0n) is 13.8. The normalized spacial score (nSPS) is 15.5. The van der Waals surface area contributed by atoms with E-state index < -0.39 is 5.60 Å². The van der Waals surface area contributed by atoms with Gasteiger partial charge in [0.15, 0.2) is 0 Å². The number of nitrogens with zero attached hydrogens (tertiary/aromatic N) is 2. The Morgan fingerprint density at radius 3 is 2.64 bits per heavy atom. The molecule has 4 nitrogen and oxygen atoms in total. The fourth-order valence-corrected chi connectivity index (χ4v) is 2.75. The van der Waals surface area contributed by atoms with Gasteiger partial charge in [0.25, 0.3) is 0 Å². The molecule has 2 unspecified atom stereocenters. The van der Waals surface area contributed by atoms with Gasteiger partial charge in [0.1, 0.15) is 5.60 Å². The van der Waals surface area contributed by atoms with E-state index in [9.17, 15) is 5.11 Å². The van der Waals surface area contributed by atoms with E-state index in [0.717, 1.165) is 24.9 Å². The highest BCUT2D eigenvalue weighted by Crippen LogP contribution is 2.22. The third-order valence-corrected chi connectivity index (χ3v) is 4.09. The molecule has 0 aliphatic rings. The predicted molar refractivity (Wildman–Crippen MR) is 89.7 cm³/mol. The van der Waals surface area contributed by atoms with Crippen LogP contribution in [0, 0.1) is 0 Å². The topological polar surface area (TPSA) is 50.1 Å². The quantitative estimate of drug-likeness (QED) is 0.788. The van der Waals surface area contributed by atoms with Gasteiger partial charge in [-0.15, -0.1) is 0 Å². The summed E-state index contributed by atoms with van der Waals surface area (Å²) in [6.45, 7) is 5.43. The minimum Gasteiger partial charge on any atom is -0.384 e. The first-order valence-corrected chi connectivity index (χ1v) is 8.00. The molecular formula is C18H27N3O. The summed E-state index contributed by atoms with van der Waals surface area (Å²) >= 11 is 0. The summed E-state index contributed by atoms with van der Waals surface area (Å²) < 4.78 is 1.72. The number of hydrogen-bond donors (Lipinski definition) is 2. The molecule has 1 aromatic heterocycles. The molecule has 0 aliphatic carbocycles. The van der Waals surface area contributed by atoms with Gasteiger partial charge < -0.3 is 10.4 Å². The molecule has 0 saturated carbocycles. The second-order valence-electron chi connectivity index (χ2n) is 6.20. The van der Waals surface area contributed by atoms with E-state index in [1.54, 1.807) is 10.9 Å². The molecule has 0 saturated heterocycles. The predicted octanol–water partition coefficient (Wildman–Crippen LogP) is 2.80. The van der Waals surface area contributed by atoms with E-state index in [0.29, 0.717) is 12.5 Å². The number of aliphatic hydroxyl groups is 1. The minimum atomic E-state index is -0.901. The van der Waals surface area contributed by atoms with Gasteiger partial charge >= 0.3 is 0 Å². The molecule has 4 heteroatoms. The number of nitrogens with one attached hydrogen (secondary N) is 1. The van der Waals surface area contributed by atoms with Gasteiger partial charge in [0.05, 0.1) is 6.20 Å². The van der Waals surface area contributed by atoms with Gasteiger partial charge in [0, 0.05) is 31.9 Å². The van der Waals surface area contributed by atoms with Gasteiger partial charge in [-0.2, -0.15) is 5.10 Å². The van der Waals surface area contributed by atoms with Crippen LogP contribution < -0.4 is 5.32 Å². The molecule has 0 aliphatic heterocycles. The summed E-state index contributed by atoms with van der Waals surface area (Å²) in [5.41, 5.74) is 1.30. The molecule has 2 aromatic rings. The van der Waals surface area contributed by atoms with Crippen molar-refractivity contribution in [3.8, 4) is 0 Å². The largest absolute Gasteiger partial charge is 0.384 e. The zero-order chi connectivity index (χ0) is 16.0. The highest BCUT2D eigenvalue weighted by Gasteiger charge is 2.24. The molecule has 1 aromatic carbocycles. The third kappa shape index (κ3) is 4.42. The van der Waals surface area contributed by atoms with E-state index in [1.807, 2.05) is 26.2 Å². The van der Waals surface area contributed by atoms with Crippen LogP contribution in [0.25, 0.3) is 0 Å². The molecule has 0 bridgehead atoms. The van der Waals surface area contributed by atoms with Gasteiger partial charge in [-0.1, -0.05) is 43.7 Å². The molecule has 2 rings (SSSR count). The second kappa shape index (κ2) is 7.56. The maximum absolute atomic E-state index is 10.6. The smallest absolute Gasteiger partial charge is 0.102 e. The summed E-state index contributed by atoms with van der Waals surface area (Å²) in [5.74, 6) is 0.482. The number of aryl methyl sites for hydroxylation is 1. The average molecular weight is 301 g/mol. The molecular weight excluding hydrogens is 274 g/mol. The van der Waals surface area contributed by atoms with Crippen molar-refractivity contribution in [1.29, 1.82) is 0 Å². The molecule has 22 heavy (non-hydrogen) atoms. The monoisotopic (exact) mass is 301 g/mol. The highest BCUT2D eigenvalue weighted by molar-refractivity contribution is 5.20. The Hall–Kier alpha value is -1.65. The SMILES string of the molecule is CCCC(CNCC(C)(O)c1cnn(C)c1)c1ccccc1. The fraction of sp³-hybridized carbons (Fsp3) is 0.500. The Kier molecular flexibility index (Phi) is 5.75. The summed E-state index contributed by atoms with van der Waals surface area (Å²) in [6, 6.07) is 10.6. The summed E-state index contributed by atoms with van der Waals surface area (Å²) in [5, 5.41) is 18.2. The first-order chi connectivity index (χ1) is 10.5. The Bertz CT molecular complexity index is 563. The van der Waals surface area contributed by atoms with E-state index in [-0.39, 0.29) is 0 Å². The van der Waals surface area contributed by atoms with Gasteiger partial charge in [0.2, 0.25) is 0 Å². The molecule has 0 radical (unpaired) electrons. The zero-order valence-corrected chi connectivity index (χ0v) is 13.8. The molecule has 120 valence electrons. The Morgan fingerprint density at radius 1 is 1.32 bits per heavy atom. The van der Waals surface area contributed by atoms with Crippen LogP contribution in [0.3, 0.4) is 0 Å². The van der Waals surface area contributed by atoms with Gasteiger partial charge in [-0.25, -0.2) is 0 Å². The molecule has 0 amide bonds. The van der Waals surface area contributed by atoms with Crippen LogP contribution in [0.1, 0.15) is 43.7 Å². The minimum absolute atomic E-state index is 0.482. The lowest BCUT2D eigenvalue weighted by molar-refractivity contribution is 0.0566. The first kappa shape index (κ1) is 16.7. The number of hydrogen-bond acceptors (Lipinski definition) is 3. The standard InChI is InChI=1S/C18H27N3O/c1-4-8-16(15-9-6-5-7-10-15)11-19-14-18(2,22)17-12-20-21(3)13-17/h5-7,9-10,12-13,16,19,22H,4,8,11,14H2,1-3H3. The lowest BCUT2D eigenvalue weighted by atomic mass is 9.93. The van der Waals surface area contributed by atoms with Crippen molar-refractivity contribution >= 4 is 0 Å². The molecule has 0 fully saturated rings. The lowest BCUT2D eigenvalue weighted by Gasteiger charge is -2.24. The van der Waals surface area contributed by atoms with Crippen molar-refractivity contribution in [3.63, 3.8) is 0 Å². The van der Waals surface area contributed by atoms with Crippen LogP contribution in [-0.4, -0.2) is 28.0 Å². The Labute approximate surface area is 133 Å². The highest BCUT2D eigenvalue weighted by atomic mass is 16.3. The lowest BCUT2D eigenvalue weighted by Crippen LogP contribution is -2.37. The van der Waals surface area contributed by atoms with Crippen LogP contribution >= 0.6 is 0 Å². The summed E-state index contributed by atoms with van der Waals surface area (Å²) in [6.07, 6.45) is 5.89. The van der Waals surface area contributed by atoms with Crippen molar-refractivity contribution in [3.05, 3.63) is 53.9 Å². The number of benzene rings is 1. The Morgan fingerprint density at radius 2 is 2.05 bits per heavy atom. The summed E-state index contributed by atoms with van der Waals surface area (Å²) in [7, 11) is 1.86. The van der Waals surface area contributed by atoms with Gasteiger partial charge in [-0.3, -0.25) is 4.68 Å². The third-order valence-electron chi connectivity index (χ3n) is 4.09. The summed E-state index contributed by atoms with van der Waals surface area (Å²) in [4.78, 5) is 0. The molecule has 2 N–H and O–H groups in total.